The van der Waals surface area contributed by atoms with Crippen molar-refractivity contribution >= 4 is 38.7 Å². The molecular weight excluding hydrogens is 296 g/mol. The Morgan fingerprint density at radius 3 is 2.95 bits per heavy atom. The number of morpholine rings is 1. The Kier molecular flexibility index (Phi) is 3.57. The summed E-state index contributed by atoms with van der Waals surface area (Å²) < 4.78 is 18.8. The van der Waals surface area contributed by atoms with Crippen LogP contribution in [-0.4, -0.2) is 51.1 Å². The third-order valence-electron chi connectivity index (χ3n) is 3.12. The molecule has 1 unspecified atom stereocenters. The SMILES string of the molecule is C[S+]([O-])c1nc2ncnc(N3CCOC(C)(C)C3)c2s1. The minimum absolute atomic E-state index is 0.198. The van der Waals surface area contributed by atoms with Crippen molar-refractivity contribution in [2.24, 2.45) is 0 Å². The molecule has 1 saturated heterocycles. The van der Waals surface area contributed by atoms with Crippen LogP contribution in [0.3, 0.4) is 0 Å². The number of hydrogen-bond donors (Lipinski definition) is 0. The summed E-state index contributed by atoms with van der Waals surface area (Å²) in [4.78, 5) is 15.1. The number of rotatable bonds is 2. The molecule has 3 rings (SSSR count). The van der Waals surface area contributed by atoms with Gasteiger partial charge in [-0.3, -0.25) is 0 Å². The number of ether oxygens (including phenoxy) is 1. The van der Waals surface area contributed by atoms with Gasteiger partial charge < -0.3 is 14.2 Å². The van der Waals surface area contributed by atoms with Crippen molar-refractivity contribution in [2.45, 2.75) is 23.8 Å². The number of fused-ring (bicyclic) bond motifs is 1. The highest BCUT2D eigenvalue weighted by Gasteiger charge is 2.30. The standard InChI is InChI=1S/C12H16N4O2S2/c1-12(2)6-16(4-5-18-12)10-8-9(13-7-14-10)15-11(19-8)20(3)17/h7H,4-6H2,1-3H3. The van der Waals surface area contributed by atoms with Gasteiger partial charge in [-0.15, -0.1) is 0 Å². The van der Waals surface area contributed by atoms with Gasteiger partial charge >= 0.3 is 4.34 Å². The molecule has 2 aromatic heterocycles. The average molecular weight is 312 g/mol. The van der Waals surface area contributed by atoms with Gasteiger partial charge in [-0.1, -0.05) is 11.3 Å². The quantitative estimate of drug-likeness (QED) is 0.781. The fourth-order valence-corrected chi connectivity index (χ4v) is 3.97. The van der Waals surface area contributed by atoms with E-state index >= 15 is 0 Å². The largest absolute Gasteiger partial charge is 0.610 e. The third kappa shape index (κ3) is 2.60. The zero-order valence-electron chi connectivity index (χ0n) is 11.6. The number of hydrogen-bond acceptors (Lipinski definition) is 7. The number of aromatic nitrogens is 3. The molecule has 0 aromatic carbocycles. The van der Waals surface area contributed by atoms with Crippen molar-refractivity contribution in [2.75, 3.05) is 30.9 Å². The Morgan fingerprint density at radius 2 is 2.25 bits per heavy atom. The van der Waals surface area contributed by atoms with Crippen LogP contribution >= 0.6 is 11.3 Å². The zero-order valence-corrected chi connectivity index (χ0v) is 13.3. The second-order valence-corrected chi connectivity index (χ2v) is 7.87. The van der Waals surface area contributed by atoms with Gasteiger partial charge in [0.1, 0.15) is 17.3 Å². The maximum Gasteiger partial charge on any atom is 0.304 e. The molecular formula is C12H16N4O2S2. The lowest BCUT2D eigenvalue weighted by atomic mass is 10.1. The molecule has 6 nitrogen and oxygen atoms in total. The van der Waals surface area contributed by atoms with Crippen molar-refractivity contribution < 1.29 is 9.29 Å². The van der Waals surface area contributed by atoms with Crippen LogP contribution in [0.2, 0.25) is 0 Å². The summed E-state index contributed by atoms with van der Waals surface area (Å²) in [6, 6.07) is 0. The maximum absolute atomic E-state index is 11.6. The molecule has 0 spiro atoms. The Bertz CT molecular complexity index is 629. The first-order valence-electron chi connectivity index (χ1n) is 6.30. The van der Waals surface area contributed by atoms with Gasteiger partial charge in [0.25, 0.3) is 0 Å². The highest BCUT2D eigenvalue weighted by molar-refractivity contribution is 7.92. The van der Waals surface area contributed by atoms with E-state index in [0.29, 0.717) is 16.6 Å². The van der Waals surface area contributed by atoms with Gasteiger partial charge in [0, 0.05) is 24.3 Å². The van der Waals surface area contributed by atoms with Crippen molar-refractivity contribution in [1.29, 1.82) is 0 Å². The first-order valence-corrected chi connectivity index (χ1v) is 8.68. The topological polar surface area (TPSA) is 74.2 Å². The van der Waals surface area contributed by atoms with Crippen molar-refractivity contribution in [1.82, 2.24) is 15.0 Å². The fourth-order valence-electron chi connectivity index (χ4n) is 2.27. The predicted octanol–water partition coefficient (Wildman–Crippen LogP) is 1.44. The normalized spacial score (nSPS) is 20.3. The highest BCUT2D eigenvalue weighted by Crippen LogP contribution is 2.32. The molecule has 1 atom stereocenters. The van der Waals surface area contributed by atoms with E-state index < -0.39 is 11.2 Å². The minimum Gasteiger partial charge on any atom is -0.610 e. The van der Waals surface area contributed by atoms with E-state index in [2.05, 4.69) is 33.7 Å². The second kappa shape index (κ2) is 5.10. The summed E-state index contributed by atoms with van der Waals surface area (Å²) in [6.07, 6.45) is 3.14. The molecule has 108 valence electrons. The first kappa shape index (κ1) is 14.0. The van der Waals surface area contributed by atoms with Crippen LogP contribution < -0.4 is 4.90 Å². The number of anilines is 1. The Hall–Kier alpha value is -0.960. The fraction of sp³-hybridized carbons (Fsp3) is 0.583. The summed E-state index contributed by atoms with van der Waals surface area (Å²) >= 11 is 0.313. The van der Waals surface area contributed by atoms with Gasteiger partial charge in [0.05, 0.1) is 12.2 Å². The van der Waals surface area contributed by atoms with E-state index in [0.717, 1.165) is 23.6 Å². The third-order valence-corrected chi connectivity index (χ3v) is 5.50. The molecule has 0 N–H and O–H groups in total. The molecule has 8 heteroatoms. The van der Waals surface area contributed by atoms with Crippen molar-refractivity contribution in [3.8, 4) is 0 Å². The lowest BCUT2D eigenvalue weighted by molar-refractivity contribution is -0.0278. The van der Waals surface area contributed by atoms with Crippen LogP contribution in [0.5, 0.6) is 0 Å². The lowest BCUT2D eigenvalue weighted by Gasteiger charge is -2.38. The van der Waals surface area contributed by atoms with Gasteiger partial charge in [-0.05, 0) is 13.8 Å². The van der Waals surface area contributed by atoms with Gasteiger partial charge in [0.15, 0.2) is 11.5 Å². The molecule has 1 aliphatic rings. The minimum atomic E-state index is -1.09. The van der Waals surface area contributed by atoms with Crippen molar-refractivity contribution in [3.63, 3.8) is 0 Å². The van der Waals surface area contributed by atoms with Gasteiger partial charge in [0.2, 0.25) is 0 Å². The monoisotopic (exact) mass is 312 g/mol. The van der Waals surface area contributed by atoms with Crippen LogP contribution in [0.25, 0.3) is 10.3 Å². The molecule has 0 radical (unpaired) electrons. The Morgan fingerprint density at radius 1 is 1.45 bits per heavy atom. The molecule has 2 aromatic rings. The molecule has 0 saturated carbocycles. The zero-order chi connectivity index (χ0) is 14.3. The summed E-state index contributed by atoms with van der Waals surface area (Å²) in [5.41, 5.74) is 0.422. The maximum atomic E-state index is 11.6. The van der Waals surface area contributed by atoms with E-state index in [-0.39, 0.29) is 5.60 Å². The predicted molar refractivity (Wildman–Crippen MR) is 79.8 cm³/mol. The van der Waals surface area contributed by atoms with E-state index in [9.17, 15) is 4.55 Å². The molecule has 20 heavy (non-hydrogen) atoms. The number of thiazole rings is 1. The molecule has 3 heterocycles. The summed E-state index contributed by atoms with van der Waals surface area (Å²) in [6.45, 7) is 6.36. The summed E-state index contributed by atoms with van der Waals surface area (Å²) in [5, 5.41) is 0. The van der Waals surface area contributed by atoms with E-state index in [4.69, 9.17) is 4.74 Å². The summed E-state index contributed by atoms with van der Waals surface area (Å²) in [5.74, 6) is 0.862. The van der Waals surface area contributed by atoms with Gasteiger partial charge in [-0.2, -0.15) is 4.98 Å². The van der Waals surface area contributed by atoms with E-state index in [1.807, 2.05) is 0 Å². The van der Waals surface area contributed by atoms with Crippen LogP contribution in [-0.2, 0) is 15.9 Å². The molecule has 0 aliphatic carbocycles. The lowest BCUT2D eigenvalue weighted by Crippen LogP contribution is -2.48. The average Bonchev–Trinajstić information content (AvgIpc) is 2.81. The highest BCUT2D eigenvalue weighted by atomic mass is 32.2. The molecule has 0 amide bonds. The van der Waals surface area contributed by atoms with Gasteiger partial charge in [-0.25, -0.2) is 9.97 Å². The number of nitrogens with zero attached hydrogens (tertiary/aromatic N) is 4. The van der Waals surface area contributed by atoms with Crippen LogP contribution in [0.1, 0.15) is 13.8 Å². The molecule has 1 aliphatic heterocycles. The Balaban J connectivity index is 2.02. The van der Waals surface area contributed by atoms with Crippen molar-refractivity contribution in [3.05, 3.63) is 6.33 Å². The molecule has 1 fully saturated rings. The van der Waals surface area contributed by atoms with Crippen LogP contribution in [0.15, 0.2) is 10.7 Å². The smallest absolute Gasteiger partial charge is 0.304 e. The Labute approximate surface area is 124 Å². The van der Waals surface area contributed by atoms with Crippen LogP contribution in [0, 0.1) is 0 Å². The second-order valence-electron chi connectivity index (χ2n) is 5.31. The van der Waals surface area contributed by atoms with E-state index in [1.165, 1.54) is 17.7 Å². The first-order chi connectivity index (χ1) is 9.46. The van der Waals surface area contributed by atoms with Crippen LogP contribution in [0.4, 0.5) is 5.82 Å². The molecule has 0 bridgehead atoms. The summed E-state index contributed by atoms with van der Waals surface area (Å²) in [7, 11) is 0. The van der Waals surface area contributed by atoms with E-state index in [1.54, 1.807) is 6.26 Å².